The summed E-state index contributed by atoms with van der Waals surface area (Å²) in [6.45, 7) is 4.13. The Bertz CT molecular complexity index is 811. The fourth-order valence-corrected chi connectivity index (χ4v) is 2.58. The van der Waals surface area contributed by atoms with E-state index in [9.17, 15) is 0 Å². The molecular weight excluding hydrogens is 286 g/mol. The Labute approximate surface area is 128 Å². The quantitative estimate of drug-likeness (QED) is 0.691. The molecule has 3 rings (SSSR count). The van der Waals surface area contributed by atoms with Crippen molar-refractivity contribution in [3.05, 3.63) is 47.3 Å². The number of nitrogens with zero attached hydrogens (tertiary/aromatic N) is 3. The minimum atomic E-state index is 0.325. The summed E-state index contributed by atoms with van der Waals surface area (Å²) >= 11 is 6.08. The van der Waals surface area contributed by atoms with E-state index in [0.29, 0.717) is 11.8 Å². The molecule has 0 atom stereocenters. The highest BCUT2D eigenvalue weighted by molar-refractivity contribution is 6.16. The van der Waals surface area contributed by atoms with Gasteiger partial charge in [0.15, 0.2) is 5.65 Å². The van der Waals surface area contributed by atoms with Crippen LogP contribution in [0, 0.1) is 13.8 Å². The second-order valence-electron chi connectivity index (χ2n) is 4.98. The van der Waals surface area contributed by atoms with E-state index in [2.05, 4.69) is 42.0 Å². The van der Waals surface area contributed by atoms with E-state index in [-0.39, 0.29) is 0 Å². The van der Waals surface area contributed by atoms with Crippen LogP contribution in [0.3, 0.4) is 0 Å². The SMILES string of the molecule is COc1ccc2nc(CCl)n(-c3cc(C)ccc3C)c2n1. The highest BCUT2D eigenvalue weighted by Crippen LogP contribution is 2.26. The van der Waals surface area contributed by atoms with Gasteiger partial charge in [0.2, 0.25) is 5.88 Å². The molecule has 1 aromatic carbocycles. The zero-order chi connectivity index (χ0) is 15.0. The van der Waals surface area contributed by atoms with Crippen molar-refractivity contribution in [2.75, 3.05) is 7.11 Å². The van der Waals surface area contributed by atoms with Crippen molar-refractivity contribution in [1.29, 1.82) is 0 Å². The molecule has 0 aliphatic rings. The van der Waals surface area contributed by atoms with Gasteiger partial charge in [0.25, 0.3) is 0 Å². The molecule has 0 N–H and O–H groups in total. The summed E-state index contributed by atoms with van der Waals surface area (Å²) in [5, 5.41) is 0. The van der Waals surface area contributed by atoms with E-state index in [1.807, 2.05) is 10.6 Å². The molecule has 0 saturated heterocycles. The monoisotopic (exact) mass is 301 g/mol. The summed E-state index contributed by atoms with van der Waals surface area (Å²) in [6, 6.07) is 10.0. The zero-order valence-electron chi connectivity index (χ0n) is 12.2. The lowest BCUT2D eigenvalue weighted by atomic mass is 10.1. The lowest BCUT2D eigenvalue weighted by molar-refractivity contribution is 0.399. The molecule has 0 amide bonds. The molecule has 21 heavy (non-hydrogen) atoms. The van der Waals surface area contributed by atoms with Gasteiger partial charge in [0.1, 0.15) is 11.3 Å². The minimum Gasteiger partial charge on any atom is -0.481 e. The standard InChI is InChI=1S/C16H16ClN3O/c1-10-4-5-11(2)13(8-10)20-14(9-17)18-12-6-7-15(21-3)19-16(12)20/h4-8H,9H2,1-3H3. The Kier molecular flexibility index (Phi) is 3.55. The van der Waals surface area contributed by atoms with Crippen LogP contribution in [-0.2, 0) is 5.88 Å². The van der Waals surface area contributed by atoms with Crippen molar-refractivity contribution in [1.82, 2.24) is 14.5 Å². The molecule has 4 nitrogen and oxygen atoms in total. The van der Waals surface area contributed by atoms with E-state index in [4.69, 9.17) is 16.3 Å². The van der Waals surface area contributed by atoms with Crippen molar-refractivity contribution in [2.45, 2.75) is 19.7 Å². The predicted molar refractivity (Wildman–Crippen MR) is 84.4 cm³/mol. The highest BCUT2D eigenvalue weighted by Gasteiger charge is 2.15. The van der Waals surface area contributed by atoms with E-state index in [1.165, 1.54) is 5.56 Å². The average molecular weight is 302 g/mol. The Morgan fingerprint density at radius 1 is 1.14 bits per heavy atom. The Hall–Kier alpha value is -2.07. The number of ether oxygens (including phenoxy) is 1. The number of aromatic nitrogens is 3. The predicted octanol–water partition coefficient (Wildman–Crippen LogP) is 3.78. The van der Waals surface area contributed by atoms with Crippen molar-refractivity contribution >= 4 is 22.8 Å². The number of hydrogen-bond acceptors (Lipinski definition) is 3. The molecule has 0 spiro atoms. The summed E-state index contributed by atoms with van der Waals surface area (Å²) in [5.41, 5.74) is 4.96. The van der Waals surface area contributed by atoms with Crippen molar-refractivity contribution in [3.63, 3.8) is 0 Å². The number of pyridine rings is 1. The lowest BCUT2D eigenvalue weighted by Gasteiger charge is -2.11. The van der Waals surface area contributed by atoms with Crippen molar-refractivity contribution < 1.29 is 4.74 Å². The second-order valence-corrected chi connectivity index (χ2v) is 5.25. The molecule has 2 aromatic heterocycles. The zero-order valence-corrected chi connectivity index (χ0v) is 13.0. The smallest absolute Gasteiger partial charge is 0.215 e. The van der Waals surface area contributed by atoms with Crippen LogP contribution in [-0.4, -0.2) is 21.6 Å². The van der Waals surface area contributed by atoms with Crippen LogP contribution in [0.4, 0.5) is 0 Å². The second kappa shape index (κ2) is 5.37. The normalized spacial score (nSPS) is 11.0. The molecule has 0 fully saturated rings. The van der Waals surface area contributed by atoms with E-state index >= 15 is 0 Å². The molecule has 2 heterocycles. The molecule has 0 aliphatic carbocycles. The maximum Gasteiger partial charge on any atom is 0.215 e. The largest absolute Gasteiger partial charge is 0.481 e. The third kappa shape index (κ3) is 2.36. The summed E-state index contributed by atoms with van der Waals surface area (Å²) in [5.74, 6) is 1.67. The van der Waals surface area contributed by atoms with Gasteiger partial charge in [-0.3, -0.25) is 4.57 Å². The van der Waals surface area contributed by atoms with Crippen molar-refractivity contribution in [3.8, 4) is 11.6 Å². The highest BCUT2D eigenvalue weighted by atomic mass is 35.5. The summed E-state index contributed by atoms with van der Waals surface area (Å²) in [6.07, 6.45) is 0. The van der Waals surface area contributed by atoms with E-state index in [0.717, 1.165) is 28.2 Å². The number of halogens is 1. The molecule has 0 bridgehead atoms. The van der Waals surface area contributed by atoms with Gasteiger partial charge in [0, 0.05) is 6.07 Å². The number of aryl methyl sites for hydroxylation is 2. The third-order valence-corrected chi connectivity index (χ3v) is 3.72. The maximum absolute atomic E-state index is 6.08. The first kappa shape index (κ1) is 13.9. The summed E-state index contributed by atoms with van der Waals surface area (Å²) in [4.78, 5) is 9.10. The molecule has 3 aromatic rings. The topological polar surface area (TPSA) is 39.9 Å². The molecule has 0 radical (unpaired) electrons. The summed E-state index contributed by atoms with van der Waals surface area (Å²) < 4.78 is 7.23. The fourth-order valence-electron chi connectivity index (χ4n) is 2.40. The lowest BCUT2D eigenvalue weighted by Crippen LogP contribution is -2.03. The van der Waals surface area contributed by atoms with Gasteiger partial charge in [-0.1, -0.05) is 12.1 Å². The third-order valence-electron chi connectivity index (χ3n) is 3.48. The average Bonchev–Trinajstić information content (AvgIpc) is 2.87. The molecule has 108 valence electrons. The first-order chi connectivity index (χ1) is 10.1. The molecular formula is C16H16ClN3O. The van der Waals surface area contributed by atoms with E-state index in [1.54, 1.807) is 13.2 Å². The van der Waals surface area contributed by atoms with Gasteiger partial charge < -0.3 is 4.74 Å². The van der Waals surface area contributed by atoms with Crippen LogP contribution in [0.1, 0.15) is 17.0 Å². The van der Waals surface area contributed by atoms with Crippen LogP contribution >= 0.6 is 11.6 Å². The minimum absolute atomic E-state index is 0.325. The Morgan fingerprint density at radius 3 is 2.67 bits per heavy atom. The van der Waals surface area contributed by atoms with Gasteiger partial charge >= 0.3 is 0 Å². The van der Waals surface area contributed by atoms with Gasteiger partial charge in [-0.05, 0) is 37.1 Å². The summed E-state index contributed by atoms with van der Waals surface area (Å²) in [7, 11) is 1.61. The first-order valence-electron chi connectivity index (χ1n) is 6.70. The van der Waals surface area contributed by atoms with Gasteiger partial charge in [-0.15, -0.1) is 11.6 Å². The number of rotatable bonds is 3. The number of methoxy groups -OCH3 is 1. The van der Waals surface area contributed by atoms with E-state index < -0.39 is 0 Å². The first-order valence-corrected chi connectivity index (χ1v) is 7.23. The molecule has 5 heteroatoms. The number of fused-ring (bicyclic) bond motifs is 1. The number of hydrogen-bond donors (Lipinski definition) is 0. The molecule has 0 aliphatic heterocycles. The number of imidazole rings is 1. The number of benzene rings is 1. The van der Waals surface area contributed by atoms with Gasteiger partial charge in [-0.2, -0.15) is 4.98 Å². The fraction of sp³-hybridized carbons (Fsp3) is 0.250. The van der Waals surface area contributed by atoms with Gasteiger partial charge in [-0.25, -0.2) is 4.98 Å². The Balaban J connectivity index is 2.36. The Morgan fingerprint density at radius 2 is 1.95 bits per heavy atom. The molecule has 0 saturated carbocycles. The van der Waals surface area contributed by atoms with Gasteiger partial charge in [0.05, 0.1) is 18.7 Å². The van der Waals surface area contributed by atoms with Crippen LogP contribution in [0.5, 0.6) is 5.88 Å². The van der Waals surface area contributed by atoms with Crippen LogP contribution in [0.25, 0.3) is 16.9 Å². The van der Waals surface area contributed by atoms with Crippen molar-refractivity contribution in [2.24, 2.45) is 0 Å². The van der Waals surface area contributed by atoms with Crippen LogP contribution in [0.15, 0.2) is 30.3 Å². The van der Waals surface area contributed by atoms with Crippen LogP contribution in [0.2, 0.25) is 0 Å². The number of alkyl halides is 1. The maximum atomic E-state index is 6.08. The van der Waals surface area contributed by atoms with Crippen LogP contribution < -0.4 is 4.74 Å². The molecule has 0 unspecified atom stereocenters.